The summed E-state index contributed by atoms with van der Waals surface area (Å²) in [5.74, 6) is -0.428. The van der Waals surface area contributed by atoms with Crippen molar-refractivity contribution in [3.05, 3.63) is 0 Å². The molecule has 3 atom stereocenters. The summed E-state index contributed by atoms with van der Waals surface area (Å²) < 4.78 is 0. The topological polar surface area (TPSA) is 57.5 Å². The van der Waals surface area contributed by atoms with Crippen LogP contribution in [0.3, 0.4) is 0 Å². The molecule has 0 aliphatic heterocycles. The van der Waals surface area contributed by atoms with E-state index in [1.807, 2.05) is 0 Å². The van der Waals surface area contributed by atoms with Gasteiger partial charge in [0.1, 0.15) is 0 Å². The first-order chi connectivity index (χ1) is 6.09. The van der Waals surface area contributed by atoms with Gasteiger partial charge >= 0.3 is 5.97 Å². The molecule has 3 nitrogen and oxygen atoms in total. The largest absolute Gasteiger partial charge is 0.481 e. The molecule has 76 valence electrons. The molecule has 0 radical (unpaired) electrons. The van der Waals surface area contributed by atoms with Crippen LogP contribution in [0.1, 0.15) is 39.0 Å². The number of hydrogen-bond acceptors (Lipinski definition) is 2. The molecule has 0 aromatic heterocycles. The maximum absolute atomic E-state index is 10.7. The normalized spacial score (nSPS) is 31.2. The predicted molar refractivity (Wildman–Crippen MR) is 49.4 cm³/mol. The Balaban J connectivity index is 2.37. The highest BCUT2D eigenvalue weighted by Crippen LogP contribution is 2.31. The van der Waals surface area contributed by atoms with Crippen molar-refractivity contribution < 1.29 is 15.0 Å². The summed E-state index contributed by atoms with van der Waals surface area (Å²) in [6.07, 6.45) is 4.09. The Labute approximate surface area is 78.8 Å². The van der Waals surface area contributed by atoms with Gasteiger partial charge < -0.3 is 10.2 Å². The van der Waals surface area contributed by atoms with E-state index in [0.717, 1.165) is 32.1 Å². The molecule has 13 heavy (non-hydrogen) atoms. The third-order valence-electron chi connectivity index (χ3n) is 2.81. The van der Waals surface area contributed by atoms with Crippen LogP contribution in [0, 0.1) is 11.8 Å². The minimum absolute atomic E-state index is 0.169. The van der Waals surface area contributed by atoms with E-state index in [4.69, 9.17) is 5.11 Å². The maximum atomic E-state index is 10.7. The van der Waals surface area contributed by atoms with Crippen LogP contribution in [0.5, 0.6) is 0 Å². The van der Waals surface area contributed by atoms with Crippen molar-refractivity contribution in [1.29, 1.82) is 0 Å². The van der Waals surface area contributed by atoms with E-state index in [-0.39, 0.29) is 12.0 Å². The molecular formula is C10H18O3. The molecule has 1 rings (SSSR count). The van der Waals surface area contributed by atoms with Gasteiger partial charge in [-0.2, -0.15) is 0 Å². The zero-order valence-corrected chi connectivity index (χ0v) is 8.07. The molecular weight excluding hydrogens is 168 g/mol. The van der Waals surface area contributed by atoms with Crippen LogP contribution in [0.15, 0.2) is 0 Å². The van der Waals surface area contributed by atoms with E-state index in [0.29, 0.717) is 5.92 Å². The van der Waals surface area contributed by atoms with Gasteiger partial charge in [-0.3, -0.25) is 4.79 Å². The fourth-order valence-corrected chi connectivity index (χ4v) is 2.21. The molecule has 0 saturated heterocycles. The van der Waals surface area contributed by atoms with Gasteiger partial charge in [0.25, 0.3) is 0 Å². The van der Waals surface area contributed by atoms with Gasteiger partial charge in [-0.05, 0) is 32.1 Å². The highest BCUT2D eigenvalue weighted by molar-refractivity contribution is 5.70. The molecule has 0 amide bonds. The summed E-state index contributed by atoms with van der Waals surface area (Å²) in [7, 11) is 0. The average Bonchev–Trinajstić information content (AvgIpc) is 2.03. The Bertz CT molecular complexity index is 177. The van der Waals surface area contributed by atoms with Crippen molar-refractivity contribution in [2.75, 3.05) is 0 Å². The van der Waals surface area contributed by atoms with Crippen LogP contribution in [0.25, 0.3) is 0 Å². The Morgan fingerprint density at radius 2 is 2.23 bits per heavy atom. The summed E-state index contributed by atoms with van der Waals surface area (Å²) in [5, 5.41) is 18.0. The lowest BCUT2D eigenvalue weighted by Crippen LogP contribution is -2.24. The molecule has 0 aromatic carbocycles. The Morgan fingerprint density at radius 3 is 2.77 bits per heavy atom. The molecule has 3 heteroatoms. The SMILES string of the molecule is CC(O)CC1CCCC(C(=O)O)C1. The van der Waals surface area contributed by atoms with E-state index < -0.39 is 5.97 Å². The summed E-state index contributed by atoms with van der Waals surface area (Å²) in [4.78, 5) is 10.7. The third-order valence-corrected chi connectivity index (χ3v) is 2.81. The van der Waals surface area contributed by atoms with Gasteiger partial charge in [0.05, 0.1) is 12.0 Å². The quantitative estimate of drug-likeness (QED) is 0.704. The van der Waals surface area contributed by atoms with Gasteiger partial charge in [0.2, 0.25) is 0 Å². The number of carboxylic acid groups (broad SMARTS) is 1. The van der Waals surface area contributed by atoms with Gasteiger partial charge in [-0.15, -0.1) is 0 Å². The lowest BCUT2D eigenvalue weighted by atomic mass is 9.79. The first-order valence-electron chi connectivity index (χ1n) is 5.00. The summed E-state index contributed by atoms with van der Waals surface area (Å²) in [6, 6.07) is 0. The predicted octanol–water partition coefficient (Wildman–Crippen LogP) is 1.65. The highest BCUT2D eigenvalue weighted by atomic mass is 16.4. The zero-order chi connectivity index (χ0) is 9.84. The summed E-state index contributed by atoms with van der Waals surface area (Å²) in [6.45, 7) is 1.77. The van der Waals surface area contributed by atoms with Crippen LogP contribution in [0.2, 0.25) is 0 Å². The molecule has 3 unspecified atom stereocenters. The second kappa shape index (κ2) is 4.61. The number of hydrogen-bond donors (Lipinski definition) is 2. The lowest BCUT2D eigenvalue weighted by Gasteiger charge is -2.27. The van der Waals surface area contributed by atoms with E-state index in [9.17, 15) is 9.90 Å². The number of rotatable bonds is 3. The molecule has 0 spiro atoms. The molecule has 1 aliphatic carbocycles. The van der Waals surface area contributed by atoms with Crippen LogP contribution in [0.4, 0.5) is 0 Å². The minimum atomic E-state index is -0.671. The fourth-order valence-electron chi connectivity index (χ4n) is 2.21. The van der Waals surface area contributed by atoms with Gasteiger partial charge in [-0.1, -0.05) is 12.8 Å². The lowest BCUT2D eigenvalue weighted by molar-refractivity contribution is -0.143. The van der Waals surface area contributed by atoms with E-state index >= 15 is 0 Å². The molecule has 0 heterocycles. The highest BCUT2D eigenvalue weighted by Gasteiger charge is 2.27. The Morgan fingerprint density at radius 1 is 1.54 bits per heavy atom. The van der Waals surface area contributed by atoms with Crippen LogP contribution in [-0.4, -0.2) is 22.3 Å². The number of aliphatic hydroxyl groups is 1. The molecule has 2 N–H and O–H groups in total. The third kappa shape index (κ3) is 3.35. The minimum Gasteiger partial charge on any atom is -0.481 e. The Hall–Kier alpha value is -0.570. The molecule has 1 fully saturated rings. The number of carboxylic acids is 1. The summed E-state index contributed by atoms with van der Waals surface area (Å²) >= 11 is 0. The monoisotopic (exact) mass is 186 g/mol. The van der Waals surface area contributed by atoms with E-state index in [1.54, 1.807) is 6.92 Å². The van der Waals surface area contributed by atoms with Gasteiger partial charge in [0, 0.05) is 0 Å². The van der Waals surface area contributed by atoms with Crippen molar-refractivity contribution >= 4 is 5.97 Å². The molecule has 0 bridgehead atoms. The van der Waals surface area contributed by atoms with Gasteiger partial charge in [0.15, 0.2) is 0 Å². The number of aliphatic carboxylic acids is 1. The molecule has 0 aromatic rings. The zero-order valence-electron chi connectivity index (χ0n) is 8.07. The van der Waals surface area contributed by atoms with E-state index in [2.05, 4.69) is 0 Å². The second-order valence-electron chi connectivity index (χ2n) is 4.15. The number of carbonyl (C=O) groups is 1. The summed E-state index contributed by atoms with van der Waals surface area (Å²) in [5.41, 5.74) is 0. The first kappa shape index (κ1) is 10.5. The fraction of sp³-hybridized carbons (Fsp3) is 0.900. The standard InChI is InChI=1S/C10H18O3/c1-7(11)5-8-3-2-4-9(6-8)10(12)13/h7-9,11H,2-6H2,1H3,(H,12,13). The Kier molecular flexibility index (Phi) is 3.72. The van der Waals surface area contributed by atoms with Crippen LogP contribution in [-0.2, 0) is 4.79 Å². The van der Waals surface area contributed by atoms with Crippen molar-refractivity contribution in [3.63, 3.8) is 0 Å². The van der Waals surface area contributed by atoms with Crippen molar-refractivity contribution in [1.82, 2.24) is 0 Å². The van der Waals surface area contributed by atoms with Gasteiger partial charge in [-0.25, -0.2) is 0 Å². The maximum Gasteiger partial charge on any atom is 0.306 e. The molecule has 1 saturated carbocycles. The molecule has 1 aliphatic rings. The van der Waals surface area contributed by atoms with Crippen LogP contribution >= 0.6 is 0 Å². The van der Waals surface area contributed by atoms with Crippen molar-refractivity contribution in [2.45, 2.75) is 45.1 Å². The first-order valence-corrected chi connectivity index (χ1v) is 5.00. The van der Waals surface area contributed by atoms with Crippen LogP contribution < -0.4 is 0 Å². The second-order valence-corrected chi connectivity index (χ2v) is 4.15. The van der Waals surface area contributed by atoms with Crippen molar-refractivity contribution in [3.8, 4) is 0 Å². The van der Waals surface area contributed by atoms with E-state index in [1.165, 1.54) is 0 Å². The smallest absolute Gasteiger partial charge is 0.306 e. The van der Waals surface area contributed by atoms with Crippen molar-refractivity contribution in [2.24, 2.45) is 11.8 Å². The average molecular weight is 186 g/mol. The number of aliphatic hydroxyl groups excluding tert-OH is 1.